The van der Waals surface area contributed by atoms with Gasteiger partial charge in [0.1, 0.15) is 0 Å². The van der Waals surface area contributed by atoms with Crippen LogP contribution < -0.4 is 11.2 Å². The molecule has 0 aliphatic rings. The fraction of sp³-hybridized carbons (Fsp3) is 0.0769. The van der Waals surface area contributed by atoms with Crippen LogP contribution in [0.15, 0.2) is 59.7 Å². The molecule has 4 nitrogen and oxygen atoms in total. The summed E-state index contributed by atoms with van der Waals surface area (Å²) in [4.78, 5) is 10.3. The smallest absolute Gasteiger partial charge is 0.350 e. The minimum absolute atomic E-state index is 0. The largest absolute Gasteiger partial charge is 2.00 e. The van der Waals surface area contributed by atoms with Gasteiger partial charge in [-0.1, -0.05) is 0 Å². The standard InChI is InChI=1S/C8H10N3O.C5H5.Fe/c1-6(10-11-8(9)12)7-4-2-3-5-7;1-2-4-5-3-1;/h2-5H,1H3,(H3,9,11,12);1-5H;/q2*-1;+2. The molecule has 0 bridgehead atoms. The van der Waals surface area contributed by atoms with Crippen molar-refractivity contribution in [2.45, 2.75) is 6.92 Å². The van der Waals surface area contributed by atoms with Gasteiger partial charge < -0.3 is 5.73 Å². The van der Waals surface area contributed by atoms with Crippen molar-refractivity contribution in [3.05, 3.63) is 60.2 Å². The van der Waals surface area contributed by atoms with Crippen LogP contribution in [0.25, 0.3) is 0 Å². The Bertz CT molecular complexity index is 429. The third kappa shape index (κ3) is 6.68. The molecule has 0 saturated heterocycles. The van der Waals surface area contributed by atoms with E-state index in [0.717, 1.165) is 11.3 Å². The average molecular weight is 285 g/mol. The second-order valence-corrected chi connectivity index (χ2v) is 3.31. The van der Waals surface area contributed by atoms with Gasteiger partial charge in [-0.2, -0.15) is 35.4 Å². The van der Waals surface area contributed by atoms with Crippen molar-refractivity contribution in [3.63, 3.8) is 0 Å². The van der Waals surface area contributed by atoms with Crippen molar-refractivity contribution < 1.29 is 21.9 Å². The maximum atomic E-state index is 10.3. The molecule has 0 fully saturated rings. The summed E-state index contributed by atoms with van der Waals surface area (Å²) in [5.41, 5.74) is 8.71. The second-order valence-electron chi connectivity index (χ2n) is 3.31. The predicted molar refractivity (Wildman–Crippen MR) is 69.0 cm³/mol. The fourth-order valence-electron chi connectivity index (χ4n) is 1.14. The zero-order valence-electron chi connectivity index (χ0n) is 9.98. The van der Waals surface area contributed by atoms with E-state index in [-0.39, 0.29) is 17.1 Å². The summed E-state index contributed by atoms with van der Waals surface area (Å²) in [6.07, 6.45) is 0. The SMILES string of the molecule is CC(=NNC(N)=O)[c-]1cccc1.[Fe+2].c1cc[cH-]c1. The van der Waals surface area contributed by atoms with Crippen LogP contribution >= 0.6 is 0 Å². The van der Waals surface area contributed by atoms with Crippen LogP contribution in [0.1, 0.15) is 12.5 Å². The molecular formula is C13H15FeN3O. The van der Waals surface area contributed by atoms with Crippen LogP contribution in [0.3, 0.4) is 0 Å². The van der Waals surface area contributed by atoms with Gasteiger partial charge in [0.05, 0.1) is 0 Å². The number of rotatable bonds is 2. The first-order valence-corrected chi connectivity index (χ1v) is 5.18. The van der Waals surface area contributed by atoms with Gasteiger partial charge in [-0.3, -0.25) is 0 Å². The quantitative estimate of drug-likeness (QED) is 0.378. The molecule has 0 atom stereocenters. The number of hydrogen-bond donors (Lipinski definition) is 2. The van der Waals surface area contributed by atoms with Crippen LogP contribution in [-0.4, -0.2) is 11.7 Å². The molecule has 0 saturated carbocycles. The molecule has 2 aromatic carbocycles. The molecule has 0 heterocycles. The molecule has 0 unspecified atom stereocenters. The summed E-state index contributed by atoms with van der Waals surface area (Å²) in [6.45, 7) is 1.80. The first-order valence-electron chi connectivity index (χ1n) is 5.18. The Balaban J connectivity index is 0.000000405. The van der Waals surface area contributed by atoms with Gasteiger partial charge in [0.15, 0.2) is 0 Å². The Hall–Kier alpha value is -1.84. The minimum atomic E-state index is -0.652. The topological polar surface area (TPSA) is 67.5 Å². The average Bonchev–Trinajstić information content (AvgIpc) is 2.99. The molecule has 0 radical (unpaired) electrons. The molecule has 2 aromatic rings. The normalized spacial score (nSPS) is 9.72. The van der Waals surface area contributed by atoms with Gasteiger partial charge >= 0.3 is 23.1 Å². The van der Waals surface area contributed by atoms with Gasteiger partial charge in [-0.25, -0.2) is 34.5 Å². The van der Waals surface area contributed by atoms with E-state index in [0.29, 0.717) is 0 Å². The monoisotopic (exact) mass is 285 g/mol. The van der Waals surface area contributed by atoms with Gasteiger partial charge in [-0.05, 0) is 6.92 Å². The third-order valence-electron chi connectivity index (χ3n) is 1.97. The molecule has 0 aromatic heterocycles. The summed E-state index contributed by atoms with van der Waals surface area (Å²) in [5, 5.41) is 3.76. The maximum Gasteiger partial charge on any atom is 2.00 e. The molecule has 0 aliphatic heterocycles. The Morgan fingerprint density at radius 2 is 1.78 bits per heavy atom. The van der Waals surface area contributed by atoms with E-state index in [2.05, 4.69) is 10.5 Å². The van der Waals surface area contributed by atoms with E-state index >= 15 is 0 Å². The number of hydrogen-bond acceptors (Lipinski definition) is 2. The number of hydrazone groups is 1. The Kier molecular flexibility index (Phi) is 8.27. The van der Waals surface area contributed by atoms with Crippen molar-refractivity contribution in [1.82, 2.24) is 5.43 Å². The first-order chi connectivity index (χ1) is 8.20. The van der Waals surface area contributed by atoms with Crippen molar-refractivity contribution in [2.75, 3.05) is 0 Å². The first kappa shape index (κ1) is 16.2. The minimum Gasteiger partial charge on any atom is -0.350 e. The number of carbonyl (C=O) groups excluding carboxylic acids is 1. The van der Waals surface area contributed by atoms with Crippen LogP contribution in [0, 0.1) is 0 Å². The van der Waals surface area contributed by atoms with E-state index in [1.807, 2.05) is 54.6 Å². The van der Waals surface area contributed by atoms with Crippen molar-refractivity contribution >= 4 is 11.7 Å². The molecule has 0 spiro atoms. The second kappa shape index (κ2) is 9.22. The van der Waals surface area contributed by atoms with Crippen molar-refractivity contribution in [2.24, 2.45) is 10.8 Å². The van der Waals surface area contributed by atoms with Gasteiger partial charge in [0, 0.05) is 5.71 Å². The molecule has 2 amide bonds. The Morgan fingerprint density at radius 1 is 1.22 bits per heavy atom. The zero-order valence-corrected chi connectivity index (χ0v) is 11.1. The number of nitrogens with two attached hydrogens (primary N) is 1. The molecular weight excluding hydrogens is 270 g/mol. The third-order valence-corrected chi connectivity index (χ3v) is 1.97. The van der Waals surface area contributed by atoms with Crippen LogP contribution in [0.4, 0.5) is 4.79 Å². The van der Waals surface area contributed by atoms with Crippen LogP contribution in [0.2, 0.25) is 0 Å². The molecule has 18 heavy (non-hydrogen) atoms. The van der Waals surface area contributed by atoms with E-state index in [9.17, 15) is 4.79 Å². The van der Waals surface area contributed by atoms with Gasteiger partial charge in [0.2, 0.25) is 0 Å². The summed E-state index contributed by atoms with van der Waals surface area (Å²) >= 11 is 0. The molecule has 2 rings (SSSR count). The number of urea groups is 1. The Labute approximate surface area is 117 Å². The van der Waals surface area contributed by atoms with E-state index in [4.69, 9.17) is 5.73 Å². The fourth-order valence-corrected chi connectivity index (χ4v) is 1.14. The van der Waals surface area contributed by atoms with Crippen molar-refractivity contribution in [1.29, 1.82) is 0 Å². The Morgan fingerprint density at radius 3 is 2.17 bits per heavy atom. The van der Waals surface area contributed by atoms with Gasteiger partial charge in [0.25, 0.3) is 0 Å². The van der Waals surface area contributed by atoms with E-state index in [1.54, 1.807) is 6.92 Å². The van der Waals surface area contributed by atoms with Crippen LogP contribution in [-0.2, 0) is 17.1 Å². The summed E-state index contributed by atoms with van der Waals surface area (Å²) in [6, 6.07) is 17.0. The van der Waals surface area contributed by atoms with Crippen molar-refractivity contribution in [3.8, 4) is 0 Å². The summed E-state index contributed by atoms with van der Waals surface area (Å²) < 4.78 is 0. The zero-order chi connectivity index (χ0) is 12.5. The predicted octanol–water partition coefficient (Wildman–Crippen LogP) is 2.20. The summed E-state index contributed by atoms with van der Waals surface area (Å²) in [7, 11) is 0. The van der Waals surface area contributed by atoms with Crippen LogP contribution in [0.5, 0.6) is 0 Å². The number of nitrogens with zero attached hydrogens (tertiary/aromatic N) is 1. The number of carbonyl (C=O) groups is 1. The molecule has 5 heteroatoms. The van der Waals surface area contributed by atoms with Gasteiger partial charge in [-0.15, -0.1) is 5.56 Å². The number of primary amides is 1. The summed E-state index contributed by atoms with van der Waals surface area (Å²) in [5.74, 6) is 0. The molecule has 96 valence electrons. The molecule has 0 aliphatic carbocycles. The number of nitrogens with one attached hydrogen (secondary N) is 1. The van der Waals surface area contributed by atoms with E-state index < -0.39 is 6.03 Å². The molecule has 3 N–H and O–H groups in total. The van der Waals surface area contributed by atoms with E-state index in [1.165, 1.54) is 0 Å². The number of amides is 2. The maximum absolute atomic E-state index is 10.3.